The molecule has 3 heteroatoms. The van der Waals surface area contributed by atoms with Gasteiger partial charge in [0.2, 0.25) is 5.91 Å². The van der Waals surface area contributed by atoms with E-state index < -0.39 is 0 Å². The van der Waals surface area contributed by atoms with Crippen LogP contribution in [0.15, 0.2) is 0 Å². The lowest BCUT2D eigenvalue weighted by molar-refractivity contribution is -0.131. The zero-order chi connectivity index (χ0) is 11.8. The van der Waals surface area contributed by atoms with Gasteiger partial charge in [0.25, 0.3) is 0 Å². The number of hydrogen-bond acceptors (Lipinski definition) is 2. The molecule has 2 aliphatic heterocycles. The average molecular weight is 215 g/mol. The third kappa shape index (κ3) is 3.20. The van der Waals surface area contributed by atoms with Crippen LogP contribution in [0.1, 0.15) is 41.0 Å². The monoisotopic (exact) mass is 215 g/mol. The van der Waals surface area contributed by atoms with E-state index in [2.05, 4.69) is 0 Å². The summed E-state index contributed by atoms with van der Waals surface area (Å²) in [4.78, 5) is 13.4. The smallest absolute Gasteiger partial charge is 0.228 e. The molecule has 15 heavy (non-hydrogen) atoms. The first kappa shape index (κ1) is 14.4. The van der Waals surface area contributed by atoms with E-state index in [4.69, 9.17) is 4.74 Å². The molecule has 0 aliphatic carbocycles. The van der Waals surface area contributed by atoms with Gasteiger partial charge in [0.15, 0.2) is 0 Å². The van der Waals surface area contributed by atoms with Crippen molar-refractivity contribution in [3.63, 3.8) is 0 Å². The standard InChI is InChI=1S/C8H13NO2.2C2H6/c1-2-9-7-3-6(8(9)10)4-11-5-7;2*1-2/h6-7H,2-5H2,1H3;2*1-2H3. The molecule has 2 bridgehead atoms. The molecule has 2 fully saturated rings. The maximum absolute atomic E-state index is 11.5. The summed E-state index contributed by atoms with van der Waals surface area (Å²) in [5, 5.41) is 0. The zero-order valence-corrected chi connectivity index (χ0v) is 10.7. The van der Waals surface area contributed by atoms with Gasteiger partial charge in [-0.05, 0) is 13.3 Å². The zero-order valence-electron chi connectivity index (χ0n) is 10.7. The van der Waals surface area contributed by atoms with Crippen LogP contribution >= 0.6 is 0 Å². The third-order valence-electron chi connectivity index (χ3n) is 2.60. The fourth-order valence-electron chi connectivity index (χ4n) is 2.03. The Kier molecular flexibility index (Phi) is 7.39. The predicted molar refractivity (Wildman–Crippen MR) is 62.8 cm³/mol. The van der Waals surface area contributed by atoms with Gasteiger partial charge >= 0.3 is 0 Å². The molecule has 2 heterocycles. The van der Waals surface area contributed by atoms with Gasteiger partial charge in [-0.25, -0.2) is 0 Å². The number of amides is 1. The molecule has 3 nitrogen and oxygen atoms in total. The molecule has 2 unspecified atom stereocenters. The number of carbonyl (C=O) groups excluding carboxylic acids is 1. The Hall–Kier alpha value is -0.570. The van der Waals surface area contributed by atoms with Crippen LogP contribution in [0.4, 0.5) is 0 Å². The van der Waals surface area contributed by atoms with Gasteiger partial charge < -0.3 is 9.64 Å². The van der Waals surface area contributed by atoms with E-state index in [-0.39, 0.29) is 5.92 Å². The highest BCUT2D eigenvalue weighted by Crippen LogP contribution is 2.28. The Balaban J connectivity index is 0.000000442. The van der Waals surface area contributed by atoms with Crippen molar-refractivity contribution < 1.29 is 9.53 Å². The van der Waals surface area contributed by atoms with Gasteiger partial charge in [0.1, 0.15) is 0 Å². The van der Waals surface area contributed by atoms with Crippen LogP contribution in [0.5, 0.6) is 0 Å². The Bertz CT molecular complexity index is 182. The quantitative estimate of drug-likeness (QED) is 0.671. The number of carbonyl (C=O) groups is 1. The van der Waals surface area contributed by atoms with Crippen molar-refractivity contribution in [2.75, 3.05) is 19.8 Å². The molecule has 90 valence electrons. The van der Waals surface area contributed by atoms with E-state index >= 15 is 0 Å². The van der Waals surface area contributed by atoms with Gasteiger partial charge in [-0.3, -0.25) is 4.79 Å². The fraction of sp³-hybridized carbons (Fsp3) is 0.917. The second-order valence-electron chi connectivity index (χ2n) is 3.25. The molecular formula is C12H25NO2. The lowest BCUT2D eigenvalue weighted by Gasteiger charge is -2.22. The molecule has 0 radical (unpaired) electrons. The largest absolute Gasteiger partial charge is 0.378 e. The molecule has 2 atom stereocenters. The maximum Gasteiger partial charge on any atom is 0.228 e. The van der Waals surface area contributed by atoms with Crippen molar-refractivity contribution in [2.24, 2.45) is 5.92 Å². The first-order valence-electron chi connectivity index (χ1n) is 6.21. The number of ether oxygens (including phenoxy) is 1. The fourth-order valence-corrected chi connectivity index (χ4v) is 2.03. The number of likely N-dealkylation sites (N-methyl/N-ethyl adjacent to an activating group) is 1. The van der Waals surface area contributed by atoms with Crippen LogP contribution in [0.3, 0.4) is 0 Å². The van der Waals surface area contributed by atoms with Crippen LogP contribution in [0.25, 0.3) is 0 Å². The highest BCUT2D eigenvalue weighted by molar-refractivity contribution is 5.81. The van der Waals surface area contributed by atoms with Crippen LogP contribution in [0.2, 0.25) is 0 Å². The summed E-state index contributed by atoms with van der Waals surface area (Å²) in [6.45, 7) is 12.3. The molecule has 0 aromatic heterocycles. The van der Waals surface area contributed by atoms with E-state index in [9.17, 15) is 4.79 Å². The van der Waals surface area contributed by atoms with E-state index in [1.807, 2.05) is 39.5 Å². The Morgan fingerprint density at radius 1 is 1.27 bits per heavy atom. The number of fused-ring (bicyclic) bond motifs is 2. The third-order valence-corrected chi connectivity index (χ3v) is 2.60. The maximum atomic E-state index is 11.5. The Morgan fingerprint density at radius 3 is 2.33 bits per heavy atom. The van der Waals surface area contributed by atoms with Crippen LogP contribution < -0.4 is 0 Å². The van der Waals surface area contributed by atoms with Crippen molar-refractivity contribution in [1.29, 1.82) is 0 Å². The summed E-state index contributed by atoms with van der Waals surface area (Å²) in [6, 6.07) is 0.381. The molecule has 2 rings (SSSR count). The van der Waals surface area contributed by atoms with Crippen molar-refractivity contribution in [3.05, 3.63) is 0 Å². The molecule has 0 aromatic carbocycles. The topological polar surface area (TPSA) is 29.5 Å². The number of likely N-dealkylation sites (tertiary alicyclic amines) is 1. The first-order chi connectivity index (χ1) is 7.33. The first-order valence-corrected chi connectivity index (χ1v) is 6.21. The van der Waals surface area contributed by atoms with E-state index in [0.29, 0.717) is 18.6 Å². The number of hydrogen-bond donors (Lipinski definition) is 0. The van der Waals surface area contributed by atoms with E-state index in [1.165, 1.54) is 0 Å². The number of nitrogens with zero attached hydrogens (tertiary/aromatic N) is 1. The predicted octanol–water partition coefficient (Wildman–Crippen LogP) is 2.31. The lowest BCUT2D eigenvalue weighted by Crippen LogP contribution is -2.34. The highest BCUT2D eigenvalue weighted by atomic mass is 16.5. The van der Waals surface area contributed by atoms with Gasteiger partial charge in [0.05, 0.1) is 25.2 Å². The summed E-state index contributed by atoms with van der Waals surface area (Å²) in [5.41, 5.74) is 0. The molecular weight excluding hydrogens is 190 g/mol. The summed E-state index contributed by atoms with van der Waals surface area (Å²) < 4.78 is 5.30. The van der Waals surface area contributed by atoms with Crippen molar-refractivity contribution in [3.8, 4) is 0 Å². The van der Waals surface area contributed by atoms with Gasteiger partial charge in [0, 0.05) is 6.54 Å². The van der Waals surface area contributed by atoms with Crippen molar-refractivity contribution in [1.82, 2.24) is 4.90 Å². The van der Waals surface area contributed by atoms with Crippen molar-refractivity contribution >= 4 is 5.91 Å². The summed E-state index contributed by atoms with van der Waals surface area (Å²) in [5.74, 6) is 0.476. The van der Waals surface area contributed by atoms with Gasteiger partial charge in [-0.15, -0.1) is 0 Å². The van der Waals surface area contributed by atoms with Crippen LogP contribution in [-0.4, -0.2) is 36.6 Å². The second-order valence-corrected chi connectivity index (χ2v) is 3.25. The van der Waals surface area contributed by atoms with E-state index in [1.54, 1.807) is 0 Å². The van der Waals surface area contributed by atoms with Gasteiger partial charge in [-0.2, -0.15) is 0 Å². The van der Waals surface area contributed by atoms with E-state index in [0.717, 1.165) is 19.6 Å². The van der Waals surface area contributed by atoms with Gasteiger partial charge in [-0.1, -0.05) is 27.7 Å². The molecule has 0 saturated carbocycles. The molecule has 0 aromatic rings. The minimum Gasteiger partial charge on any atom is -0.378 e. The Labute approximate surface area is 93.8 Å². The summed E-state index contributed by atoms with van der Waals surface area (Å²) >= 11 is 0. The average Bonchev–Trinajstić information content (AvgIpc) is 2.55. The normalized spacial score (nSPS) is 27.5. The van der Waals surface area contributed by atoms with Crippen LogP contribution in [-0.2, 0) is 9.53 Å². The molecule has 2 saturated heterocycles. The minimum atomic E-state index is 0.175. The molecule has 2 aliphatic rings. The molecule has 0 N–H and O–H groups in total. The second kappa shape index (κ2) is 7.69. The minimum absolute atomic E-state index is 0.175. The highest BCUT2D eigenvalue weighted by Gasteiger charge is 2.41. The lowest BCUT2D eigenvalue weighted by atomic mass is 10.0. The number of rotatable bonds is 1. The summed E-state index contributed by atoms with van der Waals surface area (Å²) in [6.07, 6.45) is 1.02. The Morgan fingerprint density at radius 2 is 1.87 bits per heavy atom. The van der Waals surface area contributed by atoms with Crippen molar-refractivity contribution in [2.45, 2.75) is 47.1 Å². The SMILES string of the molecule is CC.CC.CCN1C(=O)C2COCC1C2. The molecule has 0 spiro atoms. The molecule has 1 amide bonds. The van der Waals surface area contributed by atoms with Crippen LogP contribution in [0, 0.1) is 5.92 Å². The summed E-state index contributed by atoms with van der Waals surface area (Å²) in [7, 11) is 0.